The molecule has 1 aliphatic heterocycles. The average Bonchev–Trinajstić information content (AvgIpc) is 2.61. The molecule has 0 fully saturated rings. The van der Waals surface area contributed by atoms with E-state index < -0.39 is 6.10 Å². The third kappa shape index (κ3) is 4.27. The maximum atomic E-state index is 11.8. The van der Waals surface area contributed by atoms with Crippen molar-refractivity contribution in [1.29, 1.82) is 0 Å². The number of carbonyl (C=O) groups is 1. The van der Waals surface area contributed by atoms with Crippen LogP contribution in [0.5, 0.6) is 0 Å². The van der Waals surface area contributed by atoms with E-state index in [4.69, 9.17) is 0 Å². The lowest BCUT2D eigenvalue weighted by Gasteiger charge is -2.29. The number of anilines is 1. The number of aliphatic hydroxyl groups excluding tert-OH is 1. The first kappa shape index (κ1) is 17.6. The predicted molar refractivity (Wildman–Crippen MR) is 101 cm³/mol. The summed E-state index contributed by atoms with van der Waals surface area (Å²) in [6.45, 7) is 3.77. The lowest BCUT2D eigenvalue weighted by Crippen LogP contribution is -2.33. The predicted octanol–water partition coefficient (Wildman–Crippen LogP) is 3.15. The molecule has 3 rings (SSSR count). The molecule has 4 heteroatoms. The van der Waals surface area contributed by atoms with Crippen LogP contribution in [-0.2, 0) is 17.8 Å². The Morgan fingerprint density at radius 1 is 1.24 bits per heavy atom. The zero-order chi connectivity index (χ0) is 17.8. The van der Waals surface area contributed by atoms with Gasteiger partial charge in [0.15, 0.2) is 0 Å². The maximum absolute atomic E-state index is 11.8. The lowest BCUT2D eigenvalue weighted by atomic mass is 9.97. The zero-order valence-corrected chi connectivity index (χ0v) is 15.0. The van der Waals surface area contributed by atoms with Gasteiger partial charge in [-0.2, -0.15) is 0 Å². The third-order valence-electron chi connectivity index (χ3n) is 4.77. The summed E-state index contributed by atoms with van der Waals surface area (Å²) in [4.78, 5) is 15.7. The van der Waals surface area contributed by atoms with Crippen LogP contribution in [0.15, 0.2) is 48.5 Å². The van der Waals surface area contributed by atoms with E-state index >= 15 is 0 Å². The molecule has 0 spiro atoms. The van der Waals surface area contributed by atoms with Gasteiger partial charge in [-0.25, -0.2) is 0 Å². The van der Waals surface area contributed by atoms with E-state index in [0.717, 1.165) is 42.7 Å². The molecule has 1 atom stereocenters. The molecule has 2 aromatic carbocycles. The van der Waals surface area contributed by atoms with Crippen LogP contribution in [0.4, 0.5) is 5.69 Å². The normalized spacial score (nSPS) is 15.1. The van der Waals surface area contributed by atoms with Crippen molar-refractivity contribution in [3.05, 3.63) is 65.2 Å². The highest BCUT2D eigenvalue weighted by Crippen LogP contribution is 2.30. The minimum Gasteiger partial charge on any atom is -0.387 e. The number of aliphatic hydroxyl groups is 1. The fourth-order valence-corrected chi connectivity index (χ4v) is 3.51. The fraction of sp³-hybridized carbons (Fsp3) is 0.381. The first-order valence-corrected chi connectivity index (χ1v) is 8.86. The van der Waals surface area contributed by atoms with Crippen molar-refractivity contribution in [3.8, 4) is 0 Å². The van der Waals surface area contributed by atoms with Crippen LogP contribution in [0.3, 0.4) is 0 Å². The van der Waals surface area contributed by atoms with Gasteiger partial charge in [-0.05, 0) is 42.6 Å². The molecule has 132 valence electrons. The van der Waals surface area contributed by atoms with Gasteiger partial charge < -0.3 is 10.0 Å². The number of carbonyl (C=O) groups excluding carboxylic acids is 1. The first-order chi connectivity index (χ1) is 12.0. The van der Waals surface area contributed by atoms with Gasteiger partial charge in [0.2, 0.25) is 5.91 Å². The van der Waals surface area contributed by atoms with E-state index in [1.165, 1.54) is 5.56 Å². The van der Waals surface area contributed by atoms with Crippen molar-refractivity contribution in [2.24, 2.45) is 0 Å². The molecule has 2 aromatic rings. The molecule has 0 saturated carbocycles. The van der Waals surface area contributed by atoms with Crippen LogP contribution in [0, 0.1) is 0 Å². The Morgan fingerprint density at radius 3 is 2.72 bits per heavy atom. The Morgan fingerprint density at radius 2 is 2.00 bits per heavy atom. The number of benzene rings is 2. The first-order valence-electron chi connectivity index (χ1n) is 8.86. The molecule has 1 aliphatic rings. The van der Waals surface area contributed by atoms with Crippen molar-refractivity contribution in [2.75, 3.05) is 25.0 Å². The van der Waals surface area contributed by atoms with Crippen LogP contribution in [0.1, 0.15) is 36.1 Å². The number of likely N-dealkylation sites (N-methyl/N-ethyl adjacent to an activating group) is 1. The minimum atomic E-state index is -0.535. The highest BCUT2D eigenvalue weighted by Gasteiger charge is 2.21. The fourth-order valence-electron chi connectivity index (χ4n) is 3.51. The van der Waals surface area contributed by atoms with E-state index in [9.17, 15) is 9.90 Å². The molecule has 0 radical (unpaired) electrons. The second-order valence-corrected chi connectivity index (χ2v) is 6.86. The lowest BCUT2D eigenvalue weighted by molar-refractivity contribution is -0.116. The monoisotopic (exact) mass is 338 g/mol. The van der Waals surface area contributed by atoms with Gasteiger partial charge in [0.05, 0.1) is 6.10 Å². The Balaban J connectivity index is 1.68. The largest absolute Gasteiger partial charge is 0.387 e. The van der Waals surface area contributed by atoms with Gasteiger partial charge in [0.25, 0.3) is 0 Å². The topological polar surface area (TPSA) is 43.8 Å². The maximum Gasteiger partial charge on any atom is 0.223 e. The molecule has 1 heterocycles. The summed E-state index contributed by atoms with van der Waals surface area (Å²) >= 11 is 0. The molecular weight excluding hydrogens is 312 g/mol. The number of hydrogen-bond acceptors (Lipinski definition) is 3. The van der Waals surface area contributed by atoms with Crippen molar-refractivity contribution in [3.63, 3.8) is 0 Å². The highest BCUT2D eigenvalue weighted by molar-refractivity contribution is 5.92. The summed E-state index contributed by atoms with van der Waals surface area (Å²) in [5.41, 5.74) is 4.31. The number of rotatable bonds is 5. The van der Waals surface area contributed by atoms with Gasteiger partial charge in [-0.1, -0.05) is 42.5 Å². The molecule has 1 amide bonds. The van der Waals surface area contributed by atoms with Gasteiger partial charge in [0.1, 0.15) is 0 Å². The van der Waals surface area contributed by atoms with Crippen molar-refractivity contribution < 1.29 is 9.90 Å². The zero-order valence-electron chi connectivity index (χ0n) is 15.0. The van der Waals surface area contributed by atoms with E-state index in [0.29, 0.717) is 6.54 Å². The summed E-state index contributed by atoms with van der Waals surface area (Å²) < 4.78 is 0. The van der Waals surface area contributed by atoms with Crippen molar-refractivity contribution in [2.45, 2.75) is 32.4 Å². The Hall–Kier alpha value is -2.17. The molecule has 4 nitrogen and oxygen atoms in total. The second-order valence-electron chi connectivity index (χ2n) is 6.86. The highest BCUT2D eigenvalue weighted by atomic mass is 16.3. The van der Waals surface area contributed by atoms with Gasteiger partial charge in [-0.3, -0.25) is 9.69 Å². The summed E-state index contributed by atoms with van der Waals surface area (Å²) in [6, 6.07) is 16.2. The van der Waals surface area contributed by atoms with E-state index in [1.807, 2.05) is 42.3 Å². The van der Waals surface area contributed by atoms with Crippen molar-refractivity contribution >= 4 is 11.6 Å². The summed E-state index contributed by atoms with van der Waals surface area (Å²) in [7, 11) is 2.02. The molecule has 0 aromatic heterocycles. The minimum absolute atomic E-state index is 0.0804. The van der Waals surface area contributed by atoms with Crippen LogP contribution < -0.4 is 4.90 Å². The average molecular weight is 338 g/mol. The van der Waals surface area contributed by atoms with Gasteiger partial charge in [0, 0.05) is 32.2 Å². The number of hydrogen-bond donors (Lipinski definition) is 1. The summed E-state index contributed by atoms with van der Waals surface area (Å²) in [5, 5.41) is 10.6. The quantitative estimate of drug-likeness (QED) is 0.911. The molecule has 1 N–H and O–H groups in total. The van der Waals surface area contributed by atoms with Crippen LogP contribution in [-0.4, -0.2) is 36.1 Å². The van der Waals surface area contributed by atoms with Crippen LogP contribution in [0.25, 0.3) is 0 Å². The smallest absolute Gasteiger partial charge is 0.223 e. The summed E-state index contributed by atoms with van der Waals surface area (Å²) in [5.74, 6) is 0.0804. The standard InChI is InChI=1S/C21H26N2O2/c1-16(24)23-12-6-9-18-13-19(10-11-20(18)23)21(25)15-22(2)14-17-7-4-3-5-8-17/h3-5,7-8,10-11,13,21,25H,6,9,12,14-15H2,1-2H3/t21-/m1/s1. The molecule has 0 aliphatic carbocycles. The SMILES string of the molecule is CC(=O)N1CCCc2cc([C@H](O)CN(C)Cc3ccccc3)ccc21. The van der Waals surface area contributed by atoms with Gasteiger partial charge in [-0.15, -0.1) is 0 Å². The molecule has 0 bridgehead atoms. The Bertz CT molecular complexity index is 730. The third-order valence-corrected chi connectivity index (χ3v) is 4.77. The number of amides is 1. The molecule has 0 unspecified atom stereocenters. The molecular formula is C21H26N2O2. The number of nitrogens with zero attached hydrogens (tertiary/aromatic N) is 2. The van der Waals surface area contributed by atoms with E-state index in [2.05, 4.69) is 23.1 Å². The Labute approximate surface area is 149 Å². The number of fused-ring (bicyclic) bond motifs is 1. The number of aryl methyl sites for hydroxylation is 1. The van der Waals surface area contributed by atoms with Gasteiger partial charge >= 0.3 is 0 Å². The van der Waals surface area contributed by atoms with Crippen LogP contribution >= 0.6 is 0 Å². The van der Waals surface area contributed by atoms with E-state index in [1.54, 1.807) is 6.92 Å². The van der Waals surface area contributed by atoms with Crippen LogP contribution in [0.2, 0.25) is 0 Å². The Kier molecular flexibility index (Phi) is 5.51. The van der Waals surface area contributed by atoms with Crippen molar-refractivity contribution in [1.82, 2.24) is 4.90 Å². The summed E-state index contributed by atoms with van der Waals surface area (Å²) in [6.07, 6.45) is 1.39. The molecule has 25 heavy (non-hydrogen) atoms. The second kappa shape index (κ2) is 7.81. The van der Waals surface area contributed by atoms with E-state index in [-0.39, 0.29) is 5.91 Å². The molecule has 0 saturated heterocycles.